The second-order valence-electron chi connectivity index (χ2n) is 2.98. The Labute approximate surface area is 90.1 Å². The third-order valence-corrected chi connectivity index (χ3v) is 1.93. The minimum atomic E-state index is -0.443. The Bertz CT molecular complexity index is 515. The van der Waals surface area contributed by atoms with Crippen LogP contribution in [0, 0.1) is 17.1 Å². The average molecular weight is 218 g/mol. The van der Waals surface area contributed by atoms with Crippen molar-refractivity contribution in [3.05, 3.63) is 35.4 Å². The van der Waals surface area contributed by atoms with Gasteiger partial charge in [0.1, 0.15) is 11.9 Å². The Hall–Kier alpha value is -2.49. The van der Waals surface area contributed by atoms with E-state index in [2.05, 4.69) is 25.9 Å². The van der Waals surface area contributed by atoms with E-state index in [1.54, 1.807) is 0 Å². The molecule has 1 aromatic heterocycles. The average Bonchev–Trinajstić information content (AvgIpc) is 2.80. The van der Waals surface area contributed by atoms with Crippen LogP contribution in [0.1, 0.15) is 11.4 Å². The molecule has 0 radical (unpaired) electrons. The van der Waals surface area contributed by atoms with E-state index < -0.39 is 5.82 Å². The van der Waals surface area contributed by atoms with E-state index in [1.165, 1.54) is 18.2 Å². The standard InChI is InChI=1S/C9H7FN6/c10-7-1-2-8(6(3-7)4-11)12-5-9-13-15-16-14-9/h1-3,12H,5H2,(H,13,14,15,16). The van der Waals surface area contributed by atoms with Crippen molar-refractivity contribution >= 4 is 5.69 Å². The number of aromatic nitrogens is 4. The molecule has 1 aromatic carbocycles. The number of rotatable bonds is 3. The fourth-order valence-corrected chi connectivity index (χ4v) is 1.19. The fraction of sp³-hybridized carbons (Fsp3) is 0.111. The lowest BCUT2D eigenvalue weighted by molar-refractivity contribution is 0.627. The van der Waals surface area contributed by atoms with Crippen molar-refractivity contribution in [2.75, 3.05) is 5.32 Å². The minimum absolute atomic E-state index is 0.239. The predicted octanol–water partition coefficient (Wildman–Crippen LogP) is 0.823. The summed E-state index contributed by atoms with van der Waals surface area (Å²) in [6.07, 6.45) is 0. The van der Waals surface area contributed by atoms with Gasteiger partial charge in [0.05, 0.1) is 17.8 Å². The molecule has 0 atom stereocenters. The Morgan fingerprint density at radius 1 is 1.50 bits per heavy atom. The van der Waals surface area contributed by atoms with Gasteiger partial charge in [-0.05, 0) is 18.2 Å². The maximum absolute atomic E-state index is 12.8. The first-order chi connectivity index (χ1) is 7.79. The van der Waals surface area contributed by atoms with Gasteiger partial charge in [-0.25, -0.2) is 4.39 Å². The first-order valence-electron chi connectivity index (χ1n) is 4.45. The van der Waals surface area contributed by atoms with Crippen LogP contribution in [0.3, 0.4) is 0 Å². The Kier molecular flexibility index (Phi) is 2.73. The molecular formula is C9H7FN6. The lowest BCUT2D eigenvalue weighted by atomic mass is 10.2. The first kappa shape index (κ1) is 10.0. The molecule has 0 unspecified atom stereocenters. The molecule has 0 aliphatic rings. The molecule has 2 rings (SSSR count). The van der Waals surface area contributed by atoms with Crippen LogP contribution in [0.2, 0.25) is 0 Å². The van der Waals surface area contributed by atoms with Gasteiger partial charge in [0, 0.05) is 0 Å². The molecular weight excluding hydrogens is 211 g/mol. The summed E-state index contributed by atoms with van der Waals surface area (Å²) in [7, 11) is 0. The summed E-state index contributed by atoms with van der Waals surface area (Å²) in [5.74, 6) is 0.0230. The number of nitrogens with one attached hydrogen (secondary N) is 2. The monoisotopic (exact) mass is 218 g/mol. The SMILES string of the molecule is N#Cc1cc(F)ccc1NCc1nn[nH]n1. The molecule has 0 saturated heterocycles. The van der Waals surface area contributed by atoms with Crippen LogP contribution in [0.4, 0.5) is 10.1 Å². The largest absolute Gasteiger partial charge is 0.377 e. The number of anilines is 1. The lowest BCUT2D eigenvalue weighted by Crippen LogP contribution is -2.03. The van der Waals surface area contributed by atoms with Gasteiger partial charge in [-0.2, -0.15) is 10.5 Å². The number of nitriles is 1. The molecule has 16 heavy (non-hydrogen) atoms. The molecule has 2 N–H and O–H groups in total. The van der Waals surface area contributed by atoms with E-state index in [1.807, 2.05) is 6.07 Å². The van der Waals surface area contributed by atoms with Crippen molar-refractivity contribution in [2.24, 2.45) is 0 Å². The molecule has 7 heteroatoms. The third-order valence-electron chi connectivity index (χ3n) is 1.93. The summed E-state index contributed by atoms with van der Waals surface area (Å²) < 4.78 is 12.8. The maximum atomic E-state index is 12.8. The van der Waals surface area contributed by atoms with Crippen molar-refractivity contribution in [3.8, 4) is 6.07 Å². The summed E-state index contributed by atoms with van der Waals surface area (Å²) in [6.45, 7) is 0.316. The van der Waals surface area contributed by atoms with Crippen LogP contribution in [0.15, 0.2) is 18.2 Å². The molecule has 0 aliphatic carbocycles. The van der Waals surface area contributed by atoms with Crippen LogP contribution in [0.5, 0.6) is 0 Å². The highest BCUT2D eigenvalue weighted by atomic mass is 19.1. The zero-order valence-corrected chi connectivity index (χ0v) is 8.11. The van der Waals surface area contributed by atoms with E-state index in [0.717, 1.165) is 0 Å². The molecule has 6 nitrogen and oxygen atoms in total. The van der Waals surface area contributed by atoms with Crippen LogP contribution in [-0.4, -0.2) is 20.6 Å². The number of halogens is 1. The van der Waals surface area contributed by atoms with Crippen molar-refractivity contribution in [1.82, 2.24) is 20.6 Å². The van der Waals surface area contributed by atoms with E-state index in [4.69, 9.17) is 5.26 Å². The summed E-state index contributed by atoms with van der Waals surface area (Å²) in [5, 5.41) is 24.9. The number of nitrogens with zero attached hydrogens (tertiary/aromatic N) is 4. The lowest BCUT2D eigenvalue weighted by Gasteiger charge is -2.05. The second-order valence-corrected chi connectivity index (χ2v) is 2.98. The fourth-order valence-electron chi connectivity index (χ4n) is 1.19. The highest BCUT2D eigenvalue weighted by Crippen LogP contribution is 2.16. The summed E-state index contributed by atoms with van der Waals surface area (Å²) in [6, 6.07) is 5.84. The molecule has 0 fully saturated rings. The van der Waals surface area contributed by atoms with Gasteiger partial charge in [0.15, 0.2) is 5.82 Å². The van der Waals surface area contributed by atoms with E-state index in [-0.39, 0.29) is 5.56 Å². The highest BCUT2D eigenvalue weighted by molar-refractivity contribution is 5.57. The van der Waals surface area contributed by atoms with Gasteiger partial charge < -0.3 is 5.32 Å². The second kappa shape index (κ2) is 4.35. The topological polar surface area (TPSA) is 90.3 Å². The Balaban J connectivity index is 2.13. The molecule has 0 saturated carbocycles. The zero-order chi connectivity index (χ0) is 11.4. The Morgan fingerprint density at radius 3 is 3.06 bits per heavy atom. The number of benzene rings is 1. The van der Waals surface area contributed by atoms with Gasteiger partial charge in [0.2, 0.25) is 0 Å². The minimum Gasteiger partial charge on any atom is -0.377 e. The number of hydrogen-bond donors (Lipinski definition) is 2. The molecule has 0 bridgehead atoms. The van der Waals surface area contributed by atoms with Gasteiger partial charge in [-0.1, -0.05) is 5.21 Å². The van der Waals surface area contributed by atoms with Crippen molar-refractivity contribution in [2.45, 2.75) is 6.54 Å². The van der Waals surface area contributed by atoms with Gasteiger partial charge in [-0.15, -0.1) is 10.2 Å². The summed E-state index contributed by atoms with van der Waals surface area (Å²) in [4.78, 5) is 0. The van der Waals surface area contributed by atoms with E-state index >= 15 is 0 Å². The molecule has 80 valence electrons. The van der Waals surface area contributed by atoms with Crippen molar-refractivity contribution in [1.29, 1.82) is 5.26 Å². The summed E-state index contributed by atoms with van der Waals surface area (Å²) >= 11 is 0. The Morgan fingerprint density at radius 2 is 2.38 bits per heavy atom. The maximum Gasteiger partial charge on any atom is 0.193 e. The van der Waals surface area contributed by atoms with Crippen LogP contribution in [-0.2, 0) is 6.54 Å². The predicted molar refractivity (Wildman–Crippen MR) is 52.6 cm³/mol. The number of tetrazole rings is 1. The van der Waals surface area contributed by atoms with E-state index in [9.17, 15) is 4.39 Å². The van der Waals surface area contributed by atoms with Crippen molar-refractivity contribution < 1.29 is 4.39 Å². The smallest absolute Gasteiger partial charge is 0.193 e. The number of hydrogen-bond acceptors (Lipinski definition) is 5. The highest BCUT2D eigenvalue weighted by Gasteiger charge is 2.04. The molecule has 1 heterocycles. The molecule has 2 aromatic rings. The third kappa shape index (κ3) is 2.12. The summed E-state index contributed by atoms with van der Waals surface area (Å²) in [5.41, 5.74) is 0.775. The first-order valence-corrected chi connectivity index (χ1v) is 4.45. The zero-order valence-electron chi connectivity index (χ0n) is 8.11. The van der Waals surface area contributed by atoms with Gasteiger partial charge in [-0.3, -0.25) is 0 Å². The van der Waals surface area contributed by atoms with E-state index in [0.29, 0.717) is 18.1 Å². The molecule has 0 spiro atoms. The van der Waals surface area contributed by atoms with Crippen LogP contribution >= 0.6 is 0 Å². The van der Waals surface area contributed by atoms with Crippen LogP contribution in [0.25, 0.3) is 0 Å². The normalized spacial score (nSPS) is 9.75. The molecule has 0 amide bonds. The molecule has 0 aliphatic heterocycles. The van der Waals surface area contributed by atoms with Gasteiger partial charge >= 0.3 is 0 Å². The van der Waals surface area contributed by atoms with Gasteiger partial charge in [0.25, 0.3) is 0 Å². The van der Waals surface area contributed by atoms with Crippen LogP contribution < -0.4 is 5.32 Å². The number of H-pyrrole nitrogens is 1. The quantitative estimate of drug-likeness (QED) is 0.796. The van der Waals surface area contributed by atoms with Crippen molar-refractivity contribution in [3.63, 3.8) is 0 Å². The number of aromatic amines is 1.